The zero-order valence-electron chi connectivity index (χ0n) is 13.8. The van der Waals surface area contributed by atoms with Gasteiger partial charge in [0.15, 0.2) is 5.96 Å². The molecule has 0 bridgehead atoms. The quantitative estimate of drug-likeness (QED) is 0.421. The smallest absolute Gasteiger partial charge is 0.191 e. The van der Waals surface area contributed by atoms with Gasteiger partial charge in [-0.1, -0.05) is 25.0 Å². The standard InChI is InChI=1S/C18H26FN3.HI/c1-2-20-17(22-16-8-3-4-9-16)21-13-18(10-11-18)14-6-5-7-15(19)12-14;/h5-7,12,16H,2-4,8-11,13H2,1H3,(H2,20,21,22);1H. The Kier molecular flexibility index (Phi) is 6.68. The van der Waals surface area contributed by atoms with E-state index in [-0.39, 0.29) is 35.2 Å². The predicted molar refractivity (Wildman–Crippen MR) is 104 cm³/mol. The van der Waals surface area contributed by atoms with Crippen molar-refractivity contribution in [3.05, 3.63) is 35.6 Å². The summed E-state index contributed by atoms with van der Waals surface area (Å²) in [7, 11) is 0. The van der Waals surface area contributed by atoms with Crippen LogP contribution in [-0.4, -0.2) is 25.1 Å². The summed E-state index contributed by atoms with van der Waals surface area (Å²) in [5.41, 5.74) is 1.15. The minimum absolute atomic E-state index is 0. The van der Waals surface area contributed by atoms with Crippen molar-refractivity contribution in [2.75, 3.05) is 13.1 Å². The fourth-order valence-corrected chi connectivity index (χ4v) is 3.32. The molecule has 23 heavy (non-hydrogen) atoms. The SMILES string of the molecule is CCNC(=NCC1(c2cccc(F)c2)CC1)NC1CCCC1.I. The second-order valence-corrected chi connectivity index (χ2v) is 6.61. The lowest BCUT2D eigenvalue weighted by Gasteiger charge is -2.19. The van der Waals surface area contributed by atoms with Crippen LogP contribution in [0.3, 0.4) is 0 Å². The van der Waals surface area contributed by atoms with Crippen LogP contribution in [0.15, 0.2) is 29.3 Å². The van der Waals surface area contributed by atoms with Gasteiger partial charge in [-0.3, -0.25) is 4.99 Å². The summed E-state index contributed by atoms with van der Waals surface area (Å²) >= 11 is 0. The van der Waals surface area contributed by atoms with E-state index in [1.807, 2.05) is 6.07 Å². The number of guanidine groups is 1. The number of hydrogen-bond acceptors (Lipinski definition) is 1. The summed E-state index contributed by atoms with van der Waals surface area (Å²) in [6, 6.07) is 7.57. The minimum atomic E-state index is -0.149. The molecule has 1 aromatic carbocycles. The fraction of sp³-hybridized carbons (Fsp3) is 0.611. The normalized spacial score (nSPS) is 20.0. The molecule has 0 aliphatic heterocycles. The van der Waals surface area contributed by atoms with Crippen molar-refractivity contribution >= 4 is 29.9 Å². The van der Waals surface area contributed by atoms with Crippen molar-refractivity contribution in [3.63, 3.8) is 0 Å². The number of halogens is 2. The number of nitrogens with one attached hydrogen (secondary N) is 2. The largest absolute Gasteiger partial charge is 0.357 e. The van der Waals surface area contributed by atoms with E-state index in [1.165, 1.54) is 31.7 Å². The van der Waals surface area contributed by atoms with E-state index in [4.69, 9.17) is 4.99 Å². The number of nitrogens with zero attached hydrogens (tertiary/aromatic N) is 1. The summed E-state index contributed by atoms with van der Waals surface area (Å²) in [6.45, 7) is 3.69. The Bertz CT molecular complexity index is 537. The summed E-state index contributed by atoms with van der Waals surface area (Å²) in [4.78, 5) is 4.79. The van der Waals surface area contributed by atoms with E-state index in [0.29, 0.717) is 6.04 Å². The molecule has 128 valence electrons. The first kappa shape index (κ1) is 18.5. The van der Waals surface area contributed by atoms with Gasteiger partial charge in [0.2, 0.25) is 0 Å². The van der Waals surface area contributed by atoms with E-state index in [0.717, 1.165) is 37.5 Å². The third-order valence-electron chi connectivity index (χ3n) is 4.87. The third kappa shape index (κ3) is 4.81. The van der Waals surface area contributed by atoms with Crippen LogP contribution in [0.5, 0.6) is 0 Å². The molecule has 0 unspecified atom stereocenters. The van der Waals surface area contributed by atoms with Crippen molar-refractivity contribution in [1.82, 2.24) is 10.6 Å². The second-order valence-electron chi connectivity index (χ2n) is 6.61. The van der Waals surface area contributed by atoms with Gasteiger partial charge in [0, 0.05) is 18.0 Å². The molecule has 1 aromatic rings. The van der Waals surface area contributed by atoms with E-state index >= 15 is 0 Å². The number of aliphatic imine (C=N–C) groups is 1. The molecule has 0 aromatic heterocycles. The molecule has 3 rings (SSSR count). The van der Waals surface area contributed by atoms with Gasteiger partial charge >= 0.3 is 0 Å². The molecule has 2 N–H and O–H groups in total. The zero-order chi connectivity index (χ0) is 15.4. The topological polar surface area (TPSA) is 36.4 Å². The Morgan fingerprint density at radius 1 is 1.30 bits per heavy atom. The number of rotatable bonds is 5. The van der Waals surface area contributed by atoms with Gasteiger partial charge in [0.1, 0.15) is 5.82 Å². The van der Waals surface area contributed by atoms with Crippen molar-refractivity contribution in [3.8, 4) is 0 Å². The van der Waals surface area contributed by atoms with Crippen LogP contribution in [0, 0.1) is 5.82 Å². The van der Waals surface area contributed by atoms with Crippen LogP contribution in [0.4, 0.5) is 4.39 Å². The Morgan fingerprint density at radius 2 is 2.04 bits per heavy atom. The van der Waals surface area contributed by atoms with Crippen molar-refractivity contribution in [2.45, 2.75) is 56.9 Å². The van der Waals surface area contributed by atoms with Gasteiger partial charge in [-0.2, -0.15) is 0 Å². The summed E-state index contributed by atoms with van der Waals surface area (Å²) in [5, 5.41) is 6.88. The molecular formula is C18H27FIN3. The predicted octanol–water partition coefficient (Wildman–Crippen LogP) is 3.97. The molecule has 0 amide bonds. The zero-order valence-corrected chi connectivity index (χ0v) is 16.1. The lowest BCUT2D eigenvalue weighted by Crippen LogP contribution is -2.42. The lowest BCUT2D eigenvalue weighted by molar-refractivity contribution is 0.604. The Morgan fingerprint density at radius 3 is 2.65 bits per heavy atom. The highest BCUT2D eigenvalue weighted by molar-refractivity contribution is 14.0. The van der Waals surface area contributed by atoms with Crippen molar-refractivity contribution in [2.24, 2.45) is 4.99 Å². The maximum absolute atomic E-state index is 13.5. The van der Waals surface area contributed by atoms with Crippen LogP contribution >= 0.6 is 24.0 Å². The highest BCUT2D eigenvalue weighted by Crippen LogP contribution is 2.48. The molecular weight excluding hydrogens is 404 g/mol. The van der Waals surface area contributed by atoms with Crippen LogP contribution in [0.25, 0.3) is 0 Å². The van der Waals surface area contributed by atoms with Crippen LogP contribution in [-0.2, 0) is 5.41 Å². The van der Waals surface area contributed by atoms with Crippen LogP contribution in [0.1, 0.15) is 51.0 Å². The van der Waals surface area contributed by atoms with Crippen LogP contribution in [0.2, 0.25) is 0 Å². The first-order valence-electron chi connectivity index (χ1n) is 8.53. The summed E-state index contributed by atoms with van der Waals surface area (Å²) < 4.78 is 13.5. The Balaban J connectivity index is 0.00000192. The summed E-state index contributed by atoms with van der Waals surface area (Å²) in [6.07, 6.45) is 7.29. The highest BCUT2D eigenvalue weighted by atomic mass is 127. The molecule has 2 saturated carbocycles. The molecule has 5 heteroatoms. The minimum Gasteiger partial charge on any atom is -0.357 e. The van der Waals surface area contributed by atoms with E-state index in [1.54, 1.807) is 12.1 Å². The molecule has 3 nitrogen and oxygen atoms in total. The number of benzene rings is 1. The van der Waals surface area contributed by atoms with Gasteiger partial charge in [0.05, 0.1) is 6.54 Å². The van der Waals surface area contributed by atoms with E-state index < -0.39 is 0 Å². The average Bonchev–Trinajstić information content (AvgIpc) is 3.14. The first-order chi connectivity index (χ1) is 10.7. The van der Waals surface area contributed by atoms with Crippen molar-refractivity contribution in [1.29, 1.82) is 0 Å². The van der Waals surface area contributed by atoms with E-state index in [2.05, 4.69) is 17.6 Å². The summed E-state index contributed by atoms with van der Waals surface area (Å²) in [5.74, 6) is 0.765. The molecule has 2 fully saturated rings. The molecule has 0 radical (unpaired) electrons. The molecule has 0 heterocycles. The van der Waals surface area contributed by atoms with Gasteiger partial charge < -0.3 is 10.6 Å². The molecule has 0 spiro atoms. The Hall–Kier alpha value is -0.850. The lowest BCUT2D eigenvalue weighted by atomic mass is 9.96. The number of hydrogen-bond donors (Lipinski definition) is 2. The van der Waals surface area contributed by atoms with Crippen LogP contribution < -0.4 is 10.6 Å². The van der Waals surface area contributed by atoms with Gasteiger partial charge in [-0.15, -0.1) is 24.0 Å². The molecule has 2 aliphatic rings. The monoisotopic (exact) mass is 431 g/mol. The molecule has 0 atom stereocenters. The van der Waals surface area contributed by atoms with Gasteiger partial charge in [-0.25, -0.2) is 4.39 Å². The Labute approximate surface area is 155 Å². The van der Waals surface area contributed by atoms with Gasteiger partial charge in [-0.05, 0) is 50.3 Å². The second kappa shape index (κ2) is 8.31. The first-order valence-corrected chi connectivity index (χ1v) is 8.53. The maximum Gasteiger partial charge on any atom is 0.191 e. The van der Waals surface area contributed by atoms with Crippen molar-refractivity contribution < 1.29 is 4.39 Å². The third-order valence-corrected chi connectivity index (χ3v) is 4.87. The average molecular weight is 431 g/mol. The fourth-order valence-electron chi connectivity index (χ4n) is 3.32. The molecule has 2 aliphatic carbocycles. The maximum atomic E-state index is 13.5. The highest BCUT2D eigenvalue weighted by Gasteiger charge is 2.44. The van der Waals surface area contributed by atoms with Gasteiger partial charge in [0.25, 0.3) is 0 Å². The van der Waals surface area contributed by atoms with E-state index in [9.17, 15) is 4.39 Å². The molecule has 0 saturated heterocycles.